The number of methoxy groups -OCH3 is 3. The molecule has 2 aromatic carbocycles. The number of carboxylic acids is 1. The minimum absolute atomic E-state index is 0.203. The van der Waals surface area contributed by atoms with Crippen molar-refractivity contribution in [3.63, 3.8) is 0 Å². The minimum atomic E-state index is -0.986. The lowest BCUT2D eigenvalue weighted by Crippen LogP contribution is -2.26. The fourth-order valence-electron chi connectivity index (χ4n) is 3.63. The molecular formula is C25H23N3O6. The lowest BCUT2D eigenvalue weighted by atomic mass is 10.1. The van der Waals surface area contributed by atoms with Crippen LogP contribution in [0.1, 0.15) is 20.8 Å². The van der Waals surface area contributed by atoms with Crippen LogP contribution in [0.15, 0.2) is 54.6 Å². The second-order valence-electron chi connectivity index (χ2n) is 7.44. The van der Waals surface area contributed by atoms with E-state index in [9.17, 15) is 9.59 Å². The molecule has 0 aliphatic carbocycles. The van der Waals surface area contributed by atoms with Gasteiger partial charge in [-0.05, 0) is 30.3 Å². The average molecular weight is 461 g/mol. The monoisotopic (exact) mass is 461 g/mol. The second kappa shape index (κ2) is 9.14. The van der Waals surface area contributed by atoms with Crippen LogP contribution in [0.25, 0.3) is 22.3 Å². The number of amides is 1. The van der Waals surface area contributed by atoms with Crippen molar-refractivity contribution in [2.45, 2.75) is 0 Å². The minimum Gasteiger partial charge on any atom is -0.493 e. The summed E-state index contributed by atoms with van der Waals surface area (Å²) in [6.45, 7) is 0. The predicted molar refractivity (Wildman–Crippen MR) is 127 cm³/mol. The highest BCUT2D eigenvalue weighted by Crippen LogP contribution is 2.41. The zero-order valence-electron chi connectivity index (χ0n) is 19.1. The van der Waals surface area contributed by atoms with Crippen LogP contribution in [0.2, 0.25) is 0 Å². The van der Waals surface area contributed by atoms with Crippen LogP contribution in [0.4, 0.5) is 5.69 Å². The van der Waals surface area contributed by atoms with E-state index in [0.29, 0.717) is 45.4 Å². The van der Waals surface area contributed by atoms with Gasteiger partial charge in [-0.2, -0.15) is 0 Å². The highest BCUT2D eigenvalue weighted by atomic mass is 16.5. The predicted octanol–water partition coefficient (Wildman–Crippen LogP) is 4.23. The number of fused-ring (bicyclic) bond motifs is 1. The summed E-state index contributed by atoms with van der Waals surface area (Å²) >= 11 is 0. The Hall–Kier alpha value is -4.53. The molecule has 0 aliphatic rings. The number of anilines is 1. The summed E-state index contributed by atoms with van der Waals surface area (Å²) in [6.07, 6.45) is 0. The van der Waals surface area contributed by atoms with Gasteiger partial charge in [-0.1, -0.05) is 12.1 Å². The number of aromatic nitrogens is 2. The Balaban J connectivity index is 1.65. The maximum Gasteiger partial charge on any atom is 0.335 e. The fraction of sp³-hybridized carbons (Fsp3) is 0.160. The molecule has 0 saturated heterocycles. The summed E-state index contributed by atoms with van der Waals surface area (Å²) in [4.78, 5) is 33.5. The van der Waals surface area contributed by atoms with E-state index >= 15 is 0 Å². The van der Waals surface area contributed by atoms with Gasteiger partial charge in [0.05, 0.1) is 49.3 Å². The number of nitrogens with zero attached hydrogens (tertiary/aromatic N) is 2. The number of hydrogen-bond donors (Lipinski definition) is 2. The molecule has 174 valence electrons. The lowest BCUT2D eigenvalue weighted by molar-refractivity contribution is 0.0696. The third kappa shape index (κ3) is 4.11. The van der Waals surface area contributed by atoms with Crippen LogP contribution < -0.4 is 19.1 Å². The number of carbonyl (C=O) groups excluding carboxylic acids is 1. The van der Waals surface area contributed by atoms with Crippen molar-refractivity contribution in [3.05, 3.63) is 65.9 Å². The van der Waals surface area contributed by atoms with Gasteiger partial charge in [-0.3, -0.25) is 4.79 Å². The van der Waals surface area contributed by atoms with E-state index in [2.05, 4.69) is 9.97 Å². The molecule has 2 N–H and O–H groups in total. The number of ether oxygens (including phenoxy) is 3. The van der Waals surface area contributed by atoms with E-state index in [4.69, 9.17) is 19.3 Å². The van der Waals surface area contributed by atoms with Crippen molar-refractivity contribution in [2.75, 3.05) is 33.3 Å². The summed E-state index contributed by atoms with van der Waals surface area (Å²) in [6, 6.07) is 15.2. The normalized spacial score (nSPS) is 10.7. The standard InChI is InChI=1S/C25H23N3O6/c1-28(16-11-21(32-2)23(34-4)22(12-16)33-3)24(29)20-13-19-18(27-20)10-9-17(26-19)14-5-7-15(8-6-14)25(30)31/h5-13,27H,1-4H3,(H,30,31). The maximum atomic E-state index is 13.2. The number of H-pyrrole nitrogens is 1. The first kappa shape index (κ1) is 22.7. The molecule has 0 saturated carbocycles. The van der Waals surface area contributed by atoms with Gasteiger partial charge in [0.2, 0.25) is 5.75 Å². The Bertz CT molecular complexity index is 1350. The van der Waals surface area contributed by atoms with Gasteiger partial charge in [-0.25, -0.2) is 9.78 Å². The van der Waals surface area contributed by atoms with Crippen molar-refractivity contribution in [2.24, 2.45) is 0 Å². The van der Waals surface area contributed by atoms with Crippen LogP contribution in [-0.2, 0) is 0 Å². The molecule has 0 fully saturated rings. The zero-order chi connectivity index (χ0) is 24.4. The summed E-state index contributed by atoms with van der Waals surface area (Å²) in [5, 5.41) is 9.08. The number of rotatable bonds is 7. The zero-order valence-corrected chi connectivity index (χ0v) is 19.1. The van der Waals surface area contributed by atoms with Crippen molar-refractivity contribution in [3.8, 4) is 28.5 Å². The topological polar surface area (TPSA) is 114 Å². The molecular weight excluding hydrogens is 438 g/mol. The number of carbonyl (C=O) groups is 2. The number of carboxylic acid groups (broad SMARTS) is 1. The summed E-state index contributed by atoms with van der Waals surface area (Å²) in [5.41, 5.74) is 3.88. The molecule has 0 spiro atoms. The van der Waals surface area contributed by atoms with Crippen LogP contribution in [0, 0.1) is 0 Å². The van der Waals surface area contributed by atoms with E-state index in [0.717, 1.165) is 5.56 Å². The maximum absolute atomic E-state index is 13.2. The van der Waals surface area contributed by atoms with Crippen molar-refractivity contribution >= 4 is 28.6 Å². The van der Waals surface area contributed by atoms with Gasteiger partial charge in [0.25, 0.3) is 5.91 Å². The van der Waals surface area contributed by atoms with Gasteiger partial charge in [0.15, 0.2) is 11.5 Å². The summed E-state index contributed by atoms with van der Waals surface area (Å²) in [7, 11) is 6.19. The molecule has 0 atom stereocenters. The Morgan fingerprint density at radius 2 is 1.56 bits per heavy atom. The Kier molecular flexibility index (Phi) is 6.09. The molecule has 2 aromatic heterocycles. The van der Waals surface area contributed by atoms with E-state index in [1.807, 2.05) is 12.1 Å². The van der Waals surface area contributed by atoms with Crippen LogP contribution in [0.5, 0.6) is 17.2 Å². The van der Waals surface area contributed by atoms with E-state index < -0.39 is 5.97 Å². The molecule has 9 nitrogen and oxygen atoms in total. The molecule has 0 radical (unpaired) electrons. The number of pyridine rings is 1. The SMILES string of the molecule is COc1cc(N(C)C(=O)c2cc3nc(-c4ccc(C(=O)O)cc4)ccc3[nH]2)cc(OC)c1OC. The summed E-state index contributed by atoms with van der Waals surface area (Å²) in [5.74, 6) is 0.0506. The highest BCUT2D eigenvalue weighted by Gasteiger charge is 2.21. The van der Waals surface area contributed by atoms with Gasteiger partial charge in [0.1, 0.15) is 5.69 Å². The molecule has 2 heterocycles. The smallest absolute Gasteiger partial charge is 0.335 e. The van der Waals surface area contributed by atoms with E-state index in [-0.39, 0.29) is 11.5 Å². The molecule has 0 unspecified atom stereocenters. The number of nitrogens with one attached hydrogen (secondary N) is 1. The van der Waals surface area contributed by atoms with E-state index in [1.165, 1.54) is 38.4 Å². The largest absolute Gasteiger partial charge is 0.493 e. The first-order valence-electron chi connectivity index (χ1n) is 10.3. The van der Waals surface area contributed by atoms with Crippen molar-refractivity contribution in [1.82, 2.24) is 9.97 Å². The van der Waals surface area contributed by atoms with E-state index in [1.54, 1.807) is 37.4 Å². The molecule has 4 rings (SSSR count). The summed E-state index contributed by atoms with van der Waals surface area (Å²) < 4.78 is 16.1. The number of aromatic carboxylic acids is 1. The fourth-order valence-corrected chi connectivity index (χ4v) is 3.63. The van der Waals surface area contributed by atoms with Gasteiger partial charge in [0, 0.05) is 24.7 Å². The first-order chi connectivity index (χ1) is 16.4. The average Bonchev–Trinajstić information content (AvgIpc) is 3.30. The first-order valence-corrected chi connectivity index (χ1v) is 10.3. The van der Waals surface area contributed by atoms with Crippen LogP contribution >= 0.6 is 0 Å². The molecule has 34 heavy (non-hydrogen) atoms. The highest BCUT2D eigenvalue weighted by molar-refractivity contribution is 6.07. The molecule has 0 bridgehead atoms. The Morgan fingerprint density at radius 3 is 2.12 bits per heavy atom. The third-order valence-corrected chi connectivity index (χ3v) is 5.47. The van der Waals surface area contributed by atoms with Gasteiger partial charge < -0.3 is 29.2 Å². The quantitative estimate of drug-likeness (QED) is 0.423. The van der Waals surface area contributed by atoms with Crippen LogP contribution in [0.3, 0.4) is 0 Å². The third-order valence-electron chi connectivity index (χ3n) is 5.47. The van der Waals surface area contributed by atoms with Crippen LogP contribution in [-0.4, -0.2) is 55.3 Å². The van der Waals surface area contributed by atoms with Gasteiger partial charge in [-0.15, -0.1) is 0 Å². The Labute approximate surface area is 195 Å². The number of benzene rings is 2. The molecule has 9 heteroatoms. The second-order valence-corrected chi connectivity index (χ2v) is 7.44. The Morgan fingerprint density at radius 1 is 0.912 bits per heavy atom. The number of aromatic amines is 1. The van der Waals surface area contributed by atoms with Crippen molar-refractivity contribution in [1.29, 1.82) is 0 Å². The molecule has 4 aromatic rings. The lowest BCUT2D eigenvalue weighted by Gasteiger charge is -2.20. The van der Waals surface area contributed by atoms with Crippen molar-refractivity contribution < 1.29 is 28.9 Å². The molecule has 1 amide bonds. The molecule has 0 aliphatic heterocycles. The van der Waals surface area contributed by atoms with Gasteiger partial charge >= 0.3 is 5.97 Å². The number of hydrogen-bond acceptors (Lipinski definition) is 6.